The number of anilines is 1. The summed E-state index contributed by atoms with van der Waals surface area (Å²) in [6, 6.07) is 4.36. The number of nitrogens with one attached hydrogen (secondary N) is 2. The molecule has 2 rings (SSSR count). The van der Waals surface area contributed by atoms with Crippen molar-refractivity contribution in [2.24, 2.45) is 11.8 Å². The lowest BCUT2D eigenvalue weighted by atomic mass is 9.85. The molecule has 27 heavy (non-hydrogen) atoms. The van der Waals surface area contributed by atoms with Crippen molar-refractivity contribution in [1.82, 2.24) is 5.32 Å². The van der Waals surface area contributed by atoms with E-state index in [-0.39, 0.29) is 35.4 Å². The second-order valence-electron chi connectivity index (χ2n) is 6.62. The minimum atomic E-state index is -0.590. The first-order valence-corrected chi connectivity index (χ1v) is 8.77. The Morgan fingerprint density at radius 2 is 1.74 bits per heavy atom. The maximum Gasteiger partial charge on any atom is 0.337 e. The molecule has 1 aromatic carbocycles. The van der Waals surface area contributed by atoms with E-state index in [1.807, 2.05) is 0 Å². The van der Waals surface area contributed by atoms with Crippen molar-refractivity contribution >= 4 is 35.9 Å². The van der Waals surface area contributed by atoms with Gasteiger partial charge in [0.25, 0.3) is 0 Å². The quantitative estimate of drug-likeness (QED) is 0.715. The molecule has 0 saturated carbocycles. The number of esters is 2. The molecule has 0 spiro atoms. The molecule has 0 bridgehead atoms. The first kappa shape index (κ1) is 22.9. The van der Waals surface area contributed by atoms with E-state index < -0.39 is 11.9 Å². The van der Waals surface area contributed by atoms with Crippen molar-refractivity contribution < 1.29 is 23.9 Å². The third kappa shape index (κ3) is 6.52. The Hall–Kier alpha value is -2.12. The molecule has 7 nitrogen and oxygen atoms in total. The van der Waals surface area contributed by atoms with Crippen LogP contribution in [0.3, 0.4) is 0 Å². The van der Waals surface area contributed by atoms with Crippen LogP contribution in [0, 0.1) is 11.8 Å². The van der Waals surface area contributed by atoms with E-state index in [1.54, 1.807) is 0 Å². The molecule has 1 saturated heterocycles. The molecule has 1 fully saturated rings. The van der Waals surface area contributed by atoms with Gasteiger partial charge in [-0.1, -0.05) is 6.92 Å². The fourth-order valence-corrected chi connectivity index (χ4v) is 3.21. The molecular weight excluding hydrogens is 372 g/mol. The average Bonchev–Trinajstić information content (AvgIpc) is 2.66. The maximum absolute atomic E-state index is 12.4. The van der Waals surface area contributed by atoms with Crippen molar-refractivity contribution in [2.75, 3.05) is 32.6 Å². The van der Waals surface area contributed by atoms with Crippen LogP contribution in [-0.2, 0) is 14.3 Å². The van der Waals surface area contributed by atoms with E-state index >= 15 is 0 Å². The number of rotatable bonds is 6. The number of carbonyl (C=O) groups excluding carboxylic acids is 3. The zero-order chi connectivity index (χ0) is 19.1. The number of hydrogen-bond donors (Lipinski definition) is 2. The van der Waals surface area contributed by atoms with E-state index in [4.69, 9.17) is 9.47 Å². The van der Waals surface area contributed by atoms with Crippen molar-refractivity contribution in [3.8, 4) is 0 Å². The summed E-state index contributed by atoms with van der Waals surface area (Å²) in [6.45, 7) is 4.03. The molecule has 2 atom stereocenters. The molecule has 150 valence electrons. The Kier molecular flexibility index (Phi) is 9.25. The number of ether oxygens (including phenoxy) is 2. The fourth-order valence-electron chi connectivity index (χ4n) is 3.21. The van der Waals surface area contributed by atoms with E-state index in [0.29, 0.717) is 18.0 Å². The summed E-state index contributed by atoms with van der Waals surface area (Å²) in [6.07, 6.45) is 2.62. The van der Waals surface area contributed by atoms with E-state index in [0.717, 1.165) is 25.9 Å². The van der Waals surface area contributed by atoms with Gasteiger partial charge in [-0.15, -0.1) is 12.4 Å². The van der Waals surface area contributed by atoms with Gasteiger partial charge >= 0.3 is 11.9 Å². The first-order valence-electron chi connectivity index (χ1n) is 8.77. The van der Waals surface area contributed by atoms with E-state index in [9.17, 15) is 14.4 Å². The summed E-state index contributed by atoms with van der Waals surface area (Å²) in [4.78, 5) is 36.0. The van der Waals surface area contributed by atoms with Gasteiger partial charge in [-0.25, -0.2) is 9.59 Å². The summed E-state index contributed by atoms with van der Waals surface area (Å²) >= 11 is 0. The number of benzene rings is 1. The zero-order valence-corrected chi connectivity index (χ0v) is 16.7. The zero-order valence-electron chi connectivity index (χ0n) is 15.9. The second kappa shape index (κ2) is 10.9. The molecule has 0 aromatic heterocycles. The molecule has 1 aromatic rings. The van der Waals surface area contributed by atoms with Crippen LogP contribution in [-0.4, -0.2) is 45.2 Å². The van der Waals surface area contributed by atoms with Crippen LogP contribution in [0.4, 0.5) is 5.69 Å². The number of amides is 1. The van der Waals surface area contributed by atoms with Gasteiger partial charge in [0, 0.05) is 12.1 Å². The van der Waals surface area contributed by atoms with Crippen molar-refractivity contribution in [1.29, 1.82) is 0 Å². The smallest absolute Gasteiger partial charge is 0.337 e. The number of piperidine rings is 1. The first-order chi connectivity index (χ1) is 12.4. The highest BCUT2D eigenvalue weighted by atomic mass is 35.5. The fraction of sp³-hybridized carbons (Fsp3) is 0.526. The van der Waals surface area contributed by atoms with Gasteiger partial charge < -0.3 is 20.1 Å². The standard InChI is InChI=1S/C19H26N2O5.ClH/c1-12(13-5-4-6-20-11-13)7-17(22)21-16-9-14(18(23)25-2)8-15(10-16)19(24)26-3;/h8-10,12-13,20H,4-7,11H2,1-3H3,(H,21,22);1H. The molecule has 8 heteroatoms. The van der Waals surface area contributed by atoms with Crippen molar-refractivity contribution in [3.63, 3.8) is 0 Å². The number of methoxy groups -OCH3 is 2. The molecule has 2 unspecified atom stereocenters. The number of halogens is 1. The second-order valence-corrected chi connectivity index (χ2v) is 6.62. The van der Waals surface area contributed by atoms with Crippen LogP contribution in [0.25, 0.3) is 0 Å². The summed E-state index contributed by atoms with van der Waals surface area (Å²) < 4.78 is 9.40. The largest absolute Gasteiger partial charge is 0.465 e. The Morgan fingerprint density at radius 1 is 1.15 bits per heavy atom. The molecule has 0 aliphatic carbocycles. The molecule has 1 heterocycles. The van der Waals surface area contributed by atoms with Gasteiger partial charge in [0.2, 0.25) is 5.91 Å². The lowest BCUT2D eigenvalue weighted by molar-refractivity contribution is -0.117. The molecule has 1 aliphatic heterocycles. The summed E-state index contributed by atoms with van der Waals surface area (Å²) in [5, 5.41) is 6.13. The SMILES string of the molecule is COC(=O)c1cc(NC(=O)CC(C)C2CCCNC2)cc(C(=O)OC)c1.Cl. The van der Waals surface area contributed by atoms with E-state index in [1.165, 1.54) is 32.4 Å². The van der Waals surface area contributed by atoms with Crippen molar-refractivity contribution in [2.45, 2.75) is 26.2 Å². The predicted molar refractivity (Wildman–Crippen MR) is 104 cm³/mol. The Labute approximate surface area is 165 Å². The molecule has 1 aliphatic rings. The lowest BCUT2D eigenvalue weighted by Gasteiger charge is -2.28. The average molecular weight is 399 g/mol. The Balaban J connectivity index is 0.00000364. The van der Waals surface area contributed by atoms with Gasteiger partial charge in [0.15, 0.2) is 0 Å². The van der Waals surface area contributed by atoms with Crippen LogP contribution in [0.1, 0.15) is 46.9 Å². The minimum absolute atomic E-state index is 0. The number of carbonyl (C=O) groups is 3. The van der Waals surface area contributed by atoms with E-state index in [2.05, 4.69) is 17.6 Å². The topological polar surface area (TPSA) is 93.7 Å². The highest BCUT2D eigenvalue weighted by Crippen LogP contribution is 2.23. The van der Waals surface area contributed by atoms with Crippen LogP contribution in [0.5, 0.6) is 0 Å². The predicted octanol–water partition coefficient (Wildman–Crippen LogP) is 2.65. The Morgan fingerprint density at radius 3 is 2.22 bits per heavy atom. The maximum atomic E-state index is 12.4. The van der Waals surface area contributed by atoms with Crippen LogP contribution in [0.15, 0.2) is 18.2 Å². The minimum Gasteiger partial charge on any atom is -0.465 e. The van der Waals surface area contributed by atoms with Gasteiger partial charge in [-0.2, -0.15) is 0 Å². The van der Waals surface area contributed by atoms with Crippen LogP contribution < -0.4 is 10.6 Å². The van der Waals surface area contributed by atoms with Gasteiger partial charge in [0.05, 0.1) is 25.3 Å². The summed E-state index contributed by atoms with van der Waals surface area (Å²) in [5.41, 5.74) is 0.720. The summed E-state index contributed by atoms with van der Waals surface area (Å²) in [7, 11) is 2.51. The molecule has 1 amide bonds. The van der Waals surface area contributed by atoms with Gasteiger partial charge in [-0.05, 0) is 56.0 Å². The number of hydrogen-bond acceptors (Lipinski definition) is 6. The van der Waals surface area contributed by atoms with Gasteiger partial charge in [-0.3, -0.25) is 4.79 Å². The highest BCUT2D eigenvalue weighted by Gasteiger charge is 2.22. The summed E-state index contributed by atoms with van der Waals surface area (Å²) in [5.74, 6) is -0.616. The Bertz CT molecular complexity index is 640. The molecular formula is C19H27ClN2O5. The van der Waals surface area contributed by atoms with Gasteiger partial charge in [0.1, 0.15) is 0 Å². The monoisotopic (exact) mass is 398 g/mol. The van der Waals surface area contributed by atoms with Crippen LogP contribution in [0.2, 0.25) is 0 Å². The molecule has 0 radical (unpaired) electrons. The normalized spacial score (nSPS) is 17.2. The lowest BCUT2D eigenvalue weighted by Crippen LogP contribution is -2.34. The molecule has 2 N–H and O–H groups in total. The van der Waals surface area contributed by atoms with Crippen molar-refractivity contribution in [3.05, 3.63) is 29.3 Å². The third-order valence-electron chi connectivity index (χ3n) is 4.71. The highest BCUT2D eigenvalue weighted by molar-refractivity contribution is 5.99. The van der Waals surface area contributed by atoms with Crippen LogP contribution >= 0.6 is 12.4 Å². The third-order valence-corrected chi connectivity index (χ3v) is 4.71.